The van der Waals surface area contributed by atoms with Crippen LogP contribution in [0.1, 0.15) is 23.7 Å². The summed E-state index contributed by atoms with van der Waals surface area (Å²) in [6.07, 6.45) is -1.71. The molecule has 0 aliphatic carbocycles. The van der Waals surface area contributed by atoms with E-state index in [1.165, 1.54) is 7.11 Å². The molecule has 2 atom stereocenters. The third-order valence-corrected chi connectivity index (χ3v) is 5.70. The highest BCUT2D eigenvalue weighted by atomic mass is 35.5. The number of amides is 1. The highest BCUT2D eigenvalue weighted by Gasteiger charge is 2.34. The summed E-state index contributed by atoms with van der Waals surface area (Å²) in [7, 11) is 1.21. The largest absolute Gasteiger partial charge is 0.493 e. The molecular formula is C26H24ClNO6. The number of ether oxygens (including phenoxy) is 3. The molecule has 34 heavy (non-hydrogen) atoms. The van der Waals surface area contributed by atoms with E-state index in [4.69, 9.17) is 21.1 Å². The van der Waals surface area contributed by atoms with Crippen molar-refractivity contribution in [2.75, 3.05) is 18.6 Å². The van der Waals surface area contributed by atoms with Crippen molar-refractivity contribution in [2.45, 2.75) is 25.2 Å². The average molecular weight is 482 g/mol. The lowest BCUT2D eigenvalue weighted by molar-refractivity contribution is -0.150. The summed E-state index contributed by atoms with van der Waals surface area (Å²) >= 11 is 6.12. The van der Waals surface area contributed by atoms with Gasteiger partial charge in [-0.3, -0.25) is 4.79 Å². The summed E-state index contributed by atoms with van der Waals surface area (Å²) < 4.78 is 16.3. The number of rotatable bonds is 8. The number of carbonyl (C=O) groups is 2. The third-order valence-electron chi connectivity index (χ3n) is 5.47. The number of nitrogens with zero attached hydrogens (tertiary/aromatic N) is 1. The van der Waals surface area contributed by atoms with Gasteiger partial charge in [-0.2, -0.15) is 0 Å². The number of hydrogen-bond acceptors (Lipinski definition) is 6. The van der Waals surface area contributed by atoms with Crippen molar-refractivity contribution in [1.29, 1.82) is 0 Å². The van der Waals surface area contributed by atoms with Crippen LogP contribution in [0, 0.1) is 0 Å². The van der Waals surface area contributed by atoms with Crippen molar-refractivity contribution >= 4 is 29.2 Å². The van der Waals surface area contributed by atoms with Gasteiger partial charge in [0.05, 0.1) is 25.9 Å². The molecule has 1 aliphatic heterocycles. The molecule has 8 heteroatoms. The molecule has 0 bridgehead atoms. The predicted octanol–water partition coefficient (Wildman–Crippen LogP) is 4.31. The lowest BCUT2D eigenvalue weighted by Gasteiger charge is -2.34. The van der Waals surface area contributed by atoms with Crippen LogP contribution in [0.25, 0.3) is 0 Å². The van der Waals surface area contributed by atoms with E-state index in [1.54, 1.807) is 35.2 Å². The molecule has 0 fully saturated rings. The monoisotopic (exact) mass is 481 g/mol. The van der Waals surface area contributed by atoms with E-state index in [0.29, 0.717) is 40.7 Å². The van der Waals surface area contributed by atoms with Gasteiger partial charge >= 0.3 is 5.97 Å². The van der Waals surface area contributed by atoms with E-state index in [-0.39, 0.29) is 12.5 Å². The maximum absolute atomic E-state index is 13.3. The lowest BCUT2D eigenvalue weighted by Crippen LogP contribution is -2.46. The maximum Gasteiger partial charge on any atom is 0.339 e. The van der Waals surface area contributed by atoms with Gasteiger partial charge in [-0.05, 0) is 47.5 Å². The van der Waals surface area contributed by atoms with Gasteiger partial charge < -0.3 is 24.2 Å². The zero-order valence-corrected chi connectivity index (χ0v) is 19.3. The zero-order chi connectivity index (χ0) is 24.1. The van der Waals surface area contributed by atoms with Gasteiger partial charge in [-0.1, -0.05) is 48.0 Å². The SMILES string of the molecule is COC(=O)C(O)c1ccc(OCCC2Oc3ccccc3N(Cc3cccc(Cl)c3)C2=O)cc1. The van der Waals surface area contributed by atoms with Crippen LogP contribution in [-0.2, 0) is 20.9 Å². The van der Waals surface area contributed by atoms with Gasteiger partial charge in [0.25, 0.3) is 5.91 Å². The molecule has 0 aromatic heterocycles. The number of aliphatic hydroxyl groups is 1. The summed E-state index contributed by atoms with van der Waals surface area (Å²) in [5.74, 6) is 0.290. The van der Waals surface area contributed by atoms with Crippen LogP contribution >= 0.6 is 11.6 Å². The Bertz CT molecular complexity index is 1170. The van der Waals surface area contributed by atoms with Crippen molar-refractivity contribution in [3.8, 4) is 11.5 Å². The van der Waals surface area contributed by atoms with Crippen molar-refractivity contribution < 1.29 is 28.9 Å². The second kappa shape index (κ2) is 10.6. The fourth-order valence-electron chi connectivity index (χ4n) is 3.72. The number of para-hydroxylation sites is 2. The Morgan fingerprint density at radius 2 is 1.88 bits per heavy atom. The van der Waals surface area contributed by atoms with Gasteiger partial charge in [0.15, 0.2) is 12.2 Å². The number of carbonyl (C=O) groups excluding carboxylic acids is 2. The first-order chi connectivity index (χ1) is 16.5. The minimum absolute atomic E-state index is 0.154. The number of anilines is 1. The molecule has 3 aromatic carbocycles. The first-order valence-corrected chi connectivity index (χ1v) is 11.1. The Kier molecular flexibility index (Phi) is 7.35. The average Bonchev–Trinajstić information content (AvgIpc) is 2.86. The van der Waals surface area contributed by atoms with Crippen molar-refractivity contribution in [2.24, 2.45) is 0 Å². The Hall–Kier alpha value is -3.55. The molecule has 4 rings (SSSR count). The Morgan fingerprint density at radius 3 is 2.62 bits per heavy atom. The molecule has 0 saturated heterocycles. The van der Waals surface area contributed by atoms with Crippen LogP contribution in [0.4, 0.5) is 5.69 Å². The summed E-state index contributed by atoms with van der Waals surface area (Å²) in [6.45, 7) is 0.615. The van der Waals surface area contributed by atoms with E-state index in [1.807, 2.05) is 42.5 Å². The van der Waals surface area contributed by atoms with Gasteiger partial charge in [-0.25, -0.2) is 4.79 Å². The number of hydrogen-bond donors (Lipinski definition) is 1. The number of methoxy groups -OCH3 is 1. The van der Waals surface area contributed by atoms with Gasteiger partial charge in [0.1, 0.15) is 11.5 Å². The Morgan fingerprint density at radius 1 is 1.12 bits per heavy atom. The summed E-state index contributed by atoms with van der Waals surface area (Å²) in [6, 6.07) is 21.3. The molecular weight excluding hydrogens is 458 g/mol. The van der Waals surface area contributed by atoms with E-state index in [2.05, 4.69) is 4.74 Å². The molecule has 7 nitrogen and oxygen atoms in total. The predicted molar refractivity (Wildman–Crippen MR) is 127 cm³/mol. The van der Waals surface area contributed by atoms with E-state index < -0.39 is 18.2 Å². The molecule has 1 N–H and O–H groups in total. The smallest absolute Gasteiger partial charge is 0.339 e. The van der Waals surface area contributed by atoms with E-state index >= 15 is 0 Å². The van der Waals surface area contributed by atoms with Gasteiger partial charge in [-0.15, -0.1) is 0 Å². The summed E-state index contributed by atoms with van der Waals surface area (Å²) in [5.41, 5.74) is 2.03. The minimum Gasteiger partial charge on any atom is -0.493 e. The Balaban J connectivity index is 1.41. The lowest BCUT2D eigenvalue weighted by atomic mass is 10.1. The van der Waals surface area contributed by atoms with Crippen LogP contribution in [-0.4, -0.2) is 36.8 Å². The van der Waals surface area contributed by atoms with Gasteiger partial charge in [0.2, 0.25) is 0 Å². The highest BCUT2D eigenvalue weighted by Crippen LogP contribution is 2.35. The number of aliphatic hydroxyl groups excluding tert-OH is 1. The molecule has 0 saturated carbocycles. The Labute approximate surface area is 202 Å². The molecule has 3 aromatic rings. The van der Waals surface area contributed by atoms with Crippen molar-refractivity contribution in [3.63, 3.8) is 0 Å². The van der Waals surface area contributed by atoms with Crippen LogP contribution < -0.4 is 14.4 Å². The zero-order valence-electron chi connectivity index (χ0n) is 18.5. The first kappa shape index (κ1) is 23.6. The van der Waals surface area contributed by atoms with Gasteiger partial charge in [0, 0.05) is 11.4 Å². The number of halogens is 1. The van der Waals surface area contributed by atoms with Crippen LogP contribution in [0.5, 0.6) is 11.5 Å². The molecule has 0 radical (unpaired) electrons. The summed E-state index contributed by atoms with van der Waals surface area (Å²) in [4.78, 5) is 26.4. The molecule has 1 aliphatic rings. The number of benzene rings is 3. The third kappa shape index (κ3) is 5.32. The van der Waals surface area contributed by atoms with E-state index in [9.17, 15) is 14.7 Å². The molecule has 0 spiro atoms. The minimum atomic E-state index is -1.35. The molecule has 1 heterocycles. The number of fused-ring (bicyclic) bond motifs is 1. The van der Waals surface area contributed by atoms with E-state index in [0.717, 1.165) is 5.56 Å². The normalized spacial score (nSPS) is 15.8. The highest BCUT2D eigenvalue weighted by molar-refractivity contribution is 6.30. The van der Waals surface area contributed by atoms with Crippen LogP contribution in [0.15, 0.2) is 72.8 Å². The van der Waals surface area contributed by atoms with Crippen LogP contribution in [0.3, 0.4) is 0 Å². The second-order valence-electron chi connectivity index (χ2n) is 7.76. The standard InChI is InChI=1S/C26H24ClNO6/c1-32-26(31)24(29)18-9-11-20(12-10-18)33-14-13-23-25(30)28(16-17-5-4-6-19(27)15-17)21-7-2-3-8-22(21)34-23/h2-12,15,23-24,29H,13-14,16H2,1H3. The number of esters is 1. The topological polar surface area (TPSA) is 85.3 Å². The molecule has 176 valence electrons. The second-order valence-corrected chi connectivity index (χ2v) is 8.20. The van der Waals surface area contributed by atoms with Crippen molar-refractivity contribution in [1.82, 2.24) is 0 Å². The first-order valence-electron chi connectivity index (χ1n) is 10.8. The molecule has 1 amide bonds. The van der Waals surface area contributed by atoms with Crippen molar-refractivity contribution in [3.05, 3.63) is 88.9 Å². The maximum atomic E-state index is 13.3. The molecule has 2 unspecified atom stereocenters. The fraction of sp³-hybridized carbons (Fsp3) is 0.231. The fourth-order valence-corrected chi connectivity index (χ4v) is 3.93. The quantitative estimate of drug-likeness (QED) is 0.482. The van der Waals surface area contributed by atoms with Crippen LogP contribution in [0.2, 0.25) is 5.02 Å². The summed E-state index contributed by atoms with van der Waals surface area (Å²) in [5, 5.41) is 10.5.